The summed E-state index contributed by atoms with van der Waals surface area (Å²) in [5, 5.41) is 3.73. The molecular weight excluding hydrogens is 242 g/mol. The Morgan fingerprint density at radius 2 is 1.90 bits per heavy atom. The summed E-state index contributed by atoms with van der Waals surface area (Å²) in [6.07, 6.45) is 9.62. The van der Waals surface area contributed by atoms with Gasteiger partial charge in [-0.1, -0.05) is 50.6 Å². The van der Waals surface area contributed by atoms with E-state index < -0.39 is 0 Å². The van der Waals surface area contributed by atoms with Gasteiger partial charge in [-0.15, -0.1) is 0 Å². The molecule has 1 heteroatoms. The van der Waals surface area contributed by atoms with Crippen molar-refractivity contribution in [1.29, 1.82) is 0 Å². The van der Waals surface area contributed by atoms with E-state index in [9.17, 15) is 0 Å². The van der Waals surface area contributed by atoms with Gasteiger partial charge in [0.05, 0.1) is 0 Å². The van der Waals surface area contributed by atoms with E-state index in [1.54, 1.807) is 0 Å². The summed E-state index contributed by atoms with van der Waals surface area (Å²) in [7, 11) is 0. The Morgan fingerprint density at radius 3 is 2.60 bits per heavy atom. The van der Waals surface area contributed by atoms with E-state index in [-0.39, 0.29) is 0 Å². The molecule has 0 heterocycles. The van der Waals surface area contributed by atoms with Gasteiger partial charge in [0.2, 0.25) is 0 Å². The Hall–Kier alpha value is -0.820. The minimum Gasteiger partial charge on any atom is -0.314 e. The molecule has 0 aliphatic heterocycles. The number of aryl methyl sites for hydroxylation is 1. The number of hydrogen-bond acceptors (Lipinski definition) is 1. The van der Waals surface area contributed by atoms with Crippen molar-refractivity contribution >= 4 is 0 Å². The summed E-state index contributed by atoms with van der Waals surface area (Å²) in [6.45, 7) is 5.73. The average molecular weight is 273 g/mol. The highest BCUT2D eigenvalue weighted by Gasteiger charge is 2.28. The fraction of sp³-hybridized carbons (Fsp3) is 0.684. The van der Waals surface area contributed by atoms with Crippen LogP contribution in [0.1, 0.15) is 57.9 Å². The Kier molecular flexibility index (Phi) is 6.59. The maximum Gasteiger partial charge on any atom is 0.00954 e. The predicted octanol–water partition coefficient (Wildman–Crippen LogP) is 4.81. The van der Waals surface area contributed by atoms with Crippen LogP contribution in [0.25, 0.3) is 0 Å². The molecule has 1 nitrogen and oxygen atoms in total. The summed E-state index contributed by atoms with van der Waals surface area (Å²) < 4.78 is 0. The largest absolute Gasteiger partial charge is 0.314 e. The minimum atomic E-state index is 0.776. The molecule has 1 N–H and O–H groups in total. The zero-order valence-electron chi connectivity index (χ0n) is 13.3. The highest BCUT2D eigenvalue weighted by molar-refractivity contribution is 5.14. The first-order valence-electron chi connectivity index (χ1n) is 8.60. The van der Waals surface area contributed by atoms with Crippen LogP contribution in [0.4, 0.5) is 0 Å². The molecule has 0 saturated heterocycles. The van der Waals surface area contributed by atoms with E-state index in [1.807, 2.05) is 0 Å². The van der Waals surface area contributed by atoms with Gasteiger partial charge in [0.25, 0.3) is 0 Å². The second-order valence-corrected chi connectivity index (χ2v) is 6.39. The third-order valence-corrected chi connectivity index (χ3v) is 5.02. The Labute approximate surface area is 125 Å². The normalized spacial score (nSPS) is 26.6. The highest BCUT2D eigenvalue weighted by atomic mass is 14.9. The lowest BCUT2D eigenvalue weighted by atomic mass is 9.75. The van der Waals surface area contributed by atoms with Crippen molar-refractivity contribution in [3.05, 3.63) is 35.9 Å². The number of nitrogens with one attached hydrogen (secondary N) is 1. The SMILES string of the molecule is CCNC1CCC(CC)CC1CCCc1ccccc1. The molecule has 3 unspecified atom stereocenters. The smallest absolute Gasteiger partial charge is 0.00954 e. The first kappa shape index (κ1) is 15.6. The van der Waals surface area contributed by atoms with Gasteiger partial charge in [0.1, 0.15) is 0 Å². The van der Waals surface area contributed by atoms with Crippen molar-refractivity contribution in [2.24, 2.45) is 11.8 Å². The van der Waals surface area contributed by atoms with Gasteiger partial charge < -0.3 is 5.32 Å². The second kappa shape index (κ2) is 8.46. The van der Waals surface area contributed by atoms with Crippen molar-refractivity contribution < 1.29 is 0 Å². The van der Waals surface area contributed by atoms with Crippen LogP contribution >= 0.6 is 0 Å². The molecule has 0 spiro atoms. The maximum atomic E-state index is 3.73. The van der Waals surface area contributed by atoms with Gasteiger partial charge >= 0.3 is 0 Å². The van der Waals surface area contributed by atoms with Crippen molar-refractivity contribution in [3.63, 3.8) is 0 Å². The summed E-state index contributed by atoms with van der Waals surface area (Å²) >= 11 is 0. The molecule has 3 atom stereocenters. The molecular formula is C19H31N. The summed E-state index contributed by atoms with van der Waals surface area (Å²) in [5.41, 5.74) is 1.50. The van der Waals surface area contributed by atoms with Crippen LogP contribution < -0.4 is 5.32 Å². The van der Waals surface area contributed by atoms with Crippen LogP contribution in [0.3, 0.4) is 0 Å². The first-order chi connectivity index (χ1) is 9.83. The van der Waals surface area contributed by atoms with Gasteiger partial charge in [-0.25, -0.2) is 0 Å². The van der Waals surface area contributed by atoms with Crippen LogP contribution in [0.5, 0.6) is 0 Å². The molecule has 112 valence electrons. The molecule has 1 saturated carbocycles. The molecule has 1 aromatic rings. The lowest BCUT2D eigenvalue weighted by Gasteiger charge is -2.36. The van der Waals surface area contributed by atoms with Crippen LogP contribution in [0, 0.1) is 11.8 Å². The molecule has 1 aromatic carbocycles. The van der Waals surface area contributed by atoms with Crippen LogP contribution in [0.15, 0.2) is 30.3 Å². The molecule has 20 heavy (non-hydrogen) atoms. The van der Waals surface area contributed by atoms with Crippen LogP contribution in [-0.4, -0.2) is 12.6 Å². The van der Waals surface area contributed by atoms with E-state index in [1.165, 1.54) is 50.5 Å². The average Bonchev–Trinajstić information content (AvgIpc) is 2.50. The number of hydrogen-bond donors (Lipinski definition) is 1. The van der Waals surface area contributed by atoms with E-state index in [0.717, 1.165) is 24.4 Å². The van der Waals surface area contributed by atoms with Crippen molar-refractivity contribution in [1.82, 2.24) is 5.32 Å². The van der Waals surface area contributed by atoms with Gasteiger partial charge in [-0.3, -0.25) is 0 Å². The van der Waals surface area contributed by atoms with Gasteiger partial charge in [0.15, 0.2) is 0 Å². The Morgan fingerprint density at radius 1 is 1.10 bits per heavy atom. The second-order valence-electron chi connectivity index (χ2n) is 6.39. The van der Waals surface area contributed by atoms with E-state index in [0.29, 0.717) is 0 Å². The first-order valence-corrected chi connectivity index (χ1v) is 8.60. The van der Waals surface area contributed by atoms with E-state index in [2.05, 4.69) is 49.5 Å². The third-order valence-electron chi connectivity index (χ3n) is 5.02. The summed E-state index contributed by atoms with van der Waals surface area (Å²) in [6, 6.07) is 11.7. The lowest BCUT2D eigenvalue weighted by molar-refractivity contribution is 0.189. The van der Waals surface area contributed by atoms with Crippen molar-refractivity contribution in [2.75, 3.05) is 6.54 Å². The van der Waals surface area contributed by atoms with Crippen LogP contribution in [-0.2, 0) is 6.42 Å². The predicted molar refractivity (Wildman–Crippen MR) is 88.0 cm³/mol. The van der Waals surface area contributed by atoms with Crippen LogP contribution in [0.2, 0.25) is 0 Å². The van der Waals surface area contributed by atoms with Gasteiger partial charge in [0, 0.05) is 6.04 Å². The monoisotopic (exact) mass is 273 g/mol. The van der Waals surface area contributed by atoms with E-state index >= 15 is 0 Å². The third kappa shape index (κ3) is 4.63. The molecule has 2 rings (SSSR count). The zero-order valence-corrected chi connectivity index (χ0v) is 13.3. The molecule has 0 aromatic heterocycles. The van der Waals surface area contributed by atoms with E-state index in [4.69, 9.17) is 0 Å². The Bertz CT molecular complexity index is 359. The molecule has 1 aliphatic rings. The fourth-order valence-electron chi connectivity index (χ4n) is 3.80. The Balaban J connectivity index is 1.80. The molecule has 1 aliphatic carbocycles. The summed E-state index contributed by atoms with van der Waals surface area (Å²) in [5.74, 6) is 1.88. The molecule has 0 radical (unpaired) electrons. The maximum absolute atomic E-state index is 3.73. The van der Waals surface area contributed by atoms with Crippen molar-refractivity contribution in [3.8, 4) is 0 Å². The summed E-state index contributed by atoms with van der Waals surface area (Å²) in [4.78, 5) is 0. The number of benzene rings is 1. The molecule has 0 amide bonds. The lowest BCUT2D eigenvalue weighted by Crippen LogP contribution is -2.40. The quantitative estimate of drug-likeness (QED) is 0.751. The zero-order chi connectivity index (χ0) is 14.2. The molecule has 1 fully saturated rings. The minimum absolute atomic E-state index is 0.776. The standard InChI is InChI=1S/C19H31N/c1-3-16-13-14-19(20-4-2)18(15-16)12-8-11-17-9-6-5-7-10-17/h5-7,9-10,16,18-20H,3-4,8,11-15H2,1-2H3. The van der Waals surface area contributed by atoms with Gasteiger partial charge in [-0.05, 0) is 62.5 Å². The number of rotatable bonds is 7. The highest BCUT2D eigenvalue weighted by Crippen LogP contribution is 2.34. The fourth-order valence-corrected chi connectivity index (χ4v) is 3.80. The van der Waals surface area contributed by atoms with Crippen molar-refractivity contribution in [2.45, 2.75) is 64.8 Å². The topological polar surface area (TPSA) is 12.0 Å². The van der Waals surface area contributed by atoms with Gasteiger partial charge in [-0.2, -0.15) is 0 Å². The molecule has 0 bridgehead atoms.